The lowest BCUT2D eigenvalue weighted by Crippen LogP contribution is -2.30. The normalized spacial score (nSPS) is 10.9. The number of nitrogens with one attached hydrogen (secondary N) is 1. The first kappa shape index (κ1) is 19.4. The van der Waals surface area contributed by atoms with Crippen LogP contribution in [0.2, 0.25) is 0 Å². The maximum absolute atomic E-state index is 12.8. The number of fused-ring (bicyclic) bond motifs is 3. The molecule has 1 N–H and O–H groups in total. The lowest BCUT2D eigenvalue weighted by molar-refractivity contribution is -0.121. The molecule has 0 spiro atoms. The van der Waals surface area contributed by atoms with Gasteiger partial charge in [-0.1, -0.05) is 72.8 Å². The number of para-hydroxylation sites is 1. The van der Waals surface area contributed by atoms with Gasteiger partial charge in [-0.05, 0) is 12.1 Å². The number of furan rings is 1. The smallest absolute Gasteiger partial charge is 0.297 e. The molecule has 32 heavy (non-hydrogen) atoms. The van der Waals surface area contributed by atoms with Crippen LogP contribution >= 0.6 is 0 Å². The number of amides is 1. The summed E-state index contributed by atoms with van der Waals surface area (Å²) in [5, 5.41) is 5.11. The number of rotatable bonds is 5. The Morgan fingerprint density at radius 3 is 2.22 bits per heavy atom. The fourth-order valence-electron chi connectivity index (χ4n) is 3.52. The Morgan fingerprint density at radius 2 is 1.53 bits per heavy atom. The van der Waals surface area contributed by atoms with E-state index in [1.807, 2.05) is 78.9 Å². The summed E-state index contributed by atoms with van der Waals surface area (Å²) in [4.78, 5) is 29.8. The molecular weight excluding hydrogens is 404 g/mol. The number of hydrogen-bond donors (Lipinski definition) is 1. The molecule has 0 fully saturated rings. The quantitative estimate of drug-likeness (QED) is 0.345. The maximum atomic E-state index is 12.8. The van der Waals surface area contributed by atoms with Crippen LogP contribution < -0.4 is 11.0 Å². The zero-order valence-corrected chi connectivity index (χ0v) is 16.9. The highest BCUT2D eigenvalue weighted by atomic mass is 16.3. The molecule has 3 aromatic carbocycles. The van der Waals surface area contributed by atoms with E-state index in [9.17, 15) is 9.59 Å². The average Bonchev–Trinajstić information content (AvgIpc) is 3.22. The van der Waals surface area contributed by atoms with E-state index < -0.39 is 11.5 Å². The molecule has 0 aliphatic carbocycles. The Balaban J connectivity index is 1.43. The van der Waals surface area contributed by atoms with Crippen molar-refractivity contribution in [1.29, 1.82) is 0 Å². The molecule has 0 saturated heterocycles. The highest BCUT2D eigenvalue weighted by Crippen LogP contribution is 2.24. The lowest BCUT2D eigenvalue weighted by Gasteiger charge is -2.08. The van der Waals surface area contributed by atoms with Crippen molar-refractivity contribution in [2.24, 2.45) is 5.10 Å². The monoisotopic (exact) mass is 422 g/mol. The summed E-state index contributed by atoms with van der Waals surface area (Å²) < 4.78 is 6.87. The van der Waals surface area contributed by atoms with E-state index in [2.05, 4.69) is 15.5 Å². The van der Waals surface area contributed by atoms with Crippen molar-refractivity contribution in [1.82, 2.24) is 15.0 Å². The van der Waals surface area contributed by atoms with Gasteiger partial charge in [0, 0.05) is 16.5 Å². The molecule has 7 nitrogen and oxygen atoms in total. The van der Waals surface area contributed by atoms with E-state index >= 15 is 0 Å². The van der Waals surface area contributed by atoms with Gasteiger partial charge in [-0.2, -0.15) is 5.10 Å². The fraction of sp³-hybridized carbons (Fsp3) is 0.0400. The minimum atomic E-state index is -0.450. The zero-order chi connectivity index (χ0) is 21.9. The van der Waals surface area contributed by atoms with Crippen molar-refractivity contribution in [3.63, 3.8) is 0 Å². The highest BCUT2D eigenvalue weighted by molar-refractivity contribution is 6.13. The van der Waals surface area contributed by atoms with Gasteiger partial charge in [-0.25, -0.2) is 10.4 Å². The van der Waals surface area contributed by atoms with Crippen molar-refractivity contribution in [2.75, 3.05) is 0 Å². The third-order valence-corrected chi connectivity index (χ3v) is 5.05. The van der Waals surface area contributed by atoms with Crippen LogP contribution in [0.1, 0.15) is 11.1 Å². The minimum absolute atomic E-state index is 0.124. The molecular formula is C25H18N4O3. The third kappa shape index (κ3) is 3.67. The molecule has 0 radical (unpaired) electrons. The van der Waals surface area contributed by atoms with Crippen molar-refractivity contribution in [2.45, 2.75) is 6.54 Å². The Labute approximate surface area is 182 Å². The third-order valence-electron chi connectivity index (χ3n) is 5.05. The van der Waals surface area contributed by atoms with Crippen molar-refractivity contribution in [3.05, 3.63) is 113 Å². The fourth-order valence-corrected chi connectivity index (χ4v) is 3.52. The Morgan fingerprint density at radius 1 is 0.906 bits per heavy atom. The Kier molecular flexibility index (Phi) is 5.05. The van der Waals surface area contributed by atoms with Crippen LogP contribution in [0.15, 0.2) is 106 Å². The number of aromatic nitrogens is 2. The van der Waals surface area contributed by atoms with Crippen molar-refractivity contribution >= 4 is 33.7 Å². The number of hydrogen-bond acceptors (Lipinski definition) is 5. The summed E-state index contributed by atoms with van der Waals surface area (Å²) >= 11 is 0. The van der Waals surface area contributed by atoms with Gasteiger partial charge < -0.3 is 4.42 Å². The molecule has 5 aromatic rings. The second kappa shape index (κ2) is 8.31. The molecule has 0 aliphatic rings. The van der Waals surface area contributed by atoms with Crippen LogP contribution in [0.5, 0.6) is 0 Å². The molecule has 2 heterocycles. The zero-order valence-electron chi connectivity index (χ0n) is 16.9. The molecule has 0 atom stereocenters. The van der Waals surface area contributed by atoms with Gasteiger partial charge in [0.05, 0.1) is 12.0 Å². The molecule has 0 aliphatic heterocycles. The molecule has 5 rings (SSSR count). The van der Waals surface area contributed by atoms with E-state index in [1.54, 1.807) is 6.07 Å². The highest BCUT2D eigenvalue weighted by Gasteiger charge is 2.15. The van der Waals surface area contributed by atoms with Gasteiger partial charge in [0.1, 0.15) is 17.6 Å². The first-order chi connectivity index (χ1) is 15.7. The van der Waals surface area contributed by atoms with E-state index in [1.165, 1.54) is 10.9 Å². The van der Waals surface area contributed by atoms with Gasteiger partial charge in [0.15, 0.2) is 0 Å². The molecule has 1 amide bonds. The van der Waals surface area contributed by atoms with Crippen LogP contribution in [0.3, 0.4) is 0 Å². The predicted molar refractivity (Wildman–Crippen MR) is 122 cm³/mol. The minimum Gasteiger partial charge on any atom is -0.448 e. The summed E-state index contributed by atoms with van der Waals surface area (Å²) in [5.41, 5.74) is 5.67. The largest absolute Gasteiger partial charge is 0.448 e. The maximum Gasteiger partial charge on any atom is 0.297 e. The predicted octanol–water partition coefficient (Wildman–Crippen LogP) is 3.71. The standard InChI is InChI=1S/C25H18N4O3/c30-21(27-28-22(17-9-3-1-4-10-17)18-11-5-2-6-12-18)15-29-16-26-23-19-13-7-8-14-20(19)32-24(23)25(29)31/h1-14,16H,15H2,(H,27,30). The van der Waals surface area contributed by atoms with Gasteiger partial charge in [0.25, 0.3) is 11.5 Å². The number of nitrogens with zero attached hydrogens (tertiary/aromatic N) is 3. The molecule has 0 saturated carbocycles. The van der Waals surface area contributed by atoms with E-state index in [0.29, 0.717) is 16.8 Å². The van der Waals surface area contributed by atoms with Crippen LogP contribution in [0.4, 0.5) is 0 Å². The van der Waals surface area contributed by atoms with Gasteiger partial charge >= 0.3 is 0 Å². The molecule has 2 aromatic heterocycles. The first-order valence-electron chi connectivity index (χ1n) is 10.0. The Bertz CT molecular complexity index is 1460. The number of benzene rings is 3. The summed E-state index contributed by atoms with van der Waals surface area (Å²) in [5.74, 6) is -0.450. The van der Waals surface area contributed by atoms with Gasteiger partial charge in [0.2, 0.25) is 5.58 Å². The molecule has 156 valence electrons. The number of hydrazone groups is 1. The van der Waals surface area contributed by atoms with Crippen LogP contribution in [0.25, 0.3) is 22.1 Å². The van der Waals surface area contributed by atoms with E-state index in [-0.39, 0.29) is 12.1 Å². The topological polar surface area (TPSA) is 89.5 Å². The van der Waals surface area contributed by atoms with E-state index in [4.69, 9.17) is 4.42 Å². The van der Waals surface area contributed by atoms with Gasteiger partial charge in [-0.3, -0.25) is 14.2 Å². The summed E-state index contributed by atoms with van der Waals surface area (Å²) in [6.07, 6.45) is 1.35. The van der Waals surface area contributed by atoms with Crippen molar-refractivity contribution in [3.8, 4) is 0 Å². The first-order valence-corrected chi connectivity index (χ1v) is 10.0. The molecule has 7 heteroatoms. The number of carbonyl (C=O) groups excluding carboxylic acids is 1. The summed E-state index contributed by atoms with van der Waals surface area (Å²) in [6, 6.07) is 26.4. The SMILES string of the molecule is O=C(Cn1cnc2c(oc3ccccc32)c1=O)NN=C(c1ccccc1)c1ccccc1. The Hall–Kier alpha value is -4.52. The molecule has 0 unspecified atom stereocenters. The van der Waals surface area contributed by atoms with Crippen LogP contribution in [-0.2, 0) is 11.3 Å². The second-order valence-corrected chi connectivity index (χ2v) is 7.18. The molecule has 0 bridgehead atoms. The van der Waals surface area contributed by atoms with Crippen LogP contribution in [0, 0.1) is 0 Å². The van der Waals surface area contributed by atoms with Gasteiger partial charge in [-0.15, -0.1) is 0 Å². The lowest BCUT2D eigenvalue weighted by atomic mass is 10.0. The average molecular weight is 422 g/mol. The van der Waals surface area contributed by atoms with Crippen LogP contribution in [-0.4, -0.2) is 21.2 Å². The second-order valence-electron chi connectivity index (χ2n) is 7.18. The van der Waals surface area contributed by atoms with Crippen molar-refractivity contribution < 1.29 is 9.21 Å². The summed E-state index contributed by atoms with van der Waals surface area (Å²) in [6.45, 7) is -0.237. The number of carbonyl (C=O) groups is 1. The summed E-state index contributed by atoms with van der Waals surface area (Å²) in [7, 11) is 0. The van der Waals surface area contributed by atoms with E-state index in [0.717, 1.165) is 16.5 Å².